The molecule has 0 heterocycles. The van der Waals surface area contributed by atoms with Gasteiger partial charge in [-0.25, -0.2) is 4.79 Å². The number of alkyl halides is 3. The molecular formula is C8H14Cl3NO2S. The zero-order valence-electron chi connectivity index (χ0n) is 8.56. The Hall–Kier alpha value is 0.490. The Labute approximate surface area is 109 Å². The number of amides is 1. The number of thioether (sulfide) groups is 1. The molecule has 0 aromatic heterocycles. The molecule has 0 saturated heterocycles. The second kappa shape index (κ2) is 7.71. The zero-order valence-corrected chi connectivity index (χ0v) is 11.6. The normalized spacial score (nSPS) is 13.4. The third kappa shape index (κ3) is 7.39. The van der Waals surface area contributed by atoms with Crippen LogP contribution in [0.25, 0.3) is 0 Å². The molecule has 1 atom stereocenters. The second-order valence-corrected chi connectivity index (χ2v) is 6.24. The van der Waals surface area contributed by atoms with E-state index < -0.39 is 15.3 Å². The smallest absolute Gasteiger partial charge is 0.408 e. The number of ether oxygens (including phenoxy) is 1. The molecule has 0 aromatic carbocycles. The number of hydrogen-bond acceptors (Lipinski definition) is 3. The third-order valence-corrected chi connectivity index (χ3v) is 3.80. The number of carbonyl (C=O) groups excluding carboxylic acids is 1. The molecule has 0 unspecified atom stereocenters. The highest BCUT2D eigenvalue weighted by Gasteiger charge is 2.34. The summed E-state index contributed by atoms with van der Waals surface area (Å²) in [5, 5.41) is 1.90. The van der Waals surface area contributed by atoms with Gasteiger partial charge in [0, 0.05) is 0 Å². The van der Waals surface area contributed by atoms with Gasteiger partial charge in [0.15, 0.2) is 0 Å². The molecule has 7 heteroatoms. The largest absolute Gasteiger partial charge is 0.450 e. The average Bonchev–Trinajstić information content (AvgIpc) is 2.10. The van der Waals surface area contributed by atoms with Crippen molar-refractivity contribution < 1.29 is 9.53 Å². The number of carbonyl (C=O) groups is 1. The van der Waals surface area contributed by atoms with E-state index in [1.807, 2.05) is 6.92 Å². The van der Waals surface area contributed by atoms with E-state index in [0.29, 0.717) is 0 Å². The first-order valence-corrected chi connectivity index (χ1v) is 6.71. The van der Waals surface area contributed by atoms with E-state index in [1.54, 1.807) is 6.92 Å². The van der Waals surface area contributed by atoms with E-state index in [0.717, 1.165) is 12.2 Å². The molecule has 0 fully saturated rings. The van der Waals surface area contributed by atoms with Crippen LogP contribution in [-0.2, 0) is 4.74 Å². The van der Waals surface area contributed by atoms with Gasteiger partial charge in [0.1, 0.15) is 5.37 Å². The van der Waals surface area contributed by atoms with Crippen LogP contribution >= 0.6 is 46.6 Å². The van der Waals surface area contributed by atoms with Crippen LogP contribution in [0.4, 0.5) is 4.79 Å². The topological polar surface area (TPSA) is 38.3 Å². The summed E-state index contributed by atoms with van der Waals surface area (Å²) >= 11 is 18.5. The van der Waals surface area contributed by atoms with Crippen molar-refractivity contribution in [1.29, 1.82) is 0 Å². The molecule has 0 saturated carbocycles. The number of hydrogen-bond donors (Lipinski definition) is 1. The first-order chi connectivity index (χ1) is 6.91. The summed E-state index contributed by atoms with van der Waals surface area (Å²) in [6.07, 6.45) is 0.365. The predicted octanol–water partition coefficient (Wildman–Crippen LogP) is 3.57. The van der Waals surface area contributed by atoms with Crippen LogP contribution in [-0.4, -0.2) is 27.6 Å². The number of alkyl carbamates (subject to hydrolysis) is 1. The first-order valence-electron chi connectivity index (χ1n) is 4.53. The van der Waals surface area contributed by atoms with Gasteiger partial charge in [-0.1, -0.05) is 41.7 Å². The maximum Gasteiger partial charge on any atom is 0.408 e. The third-order valence-electron chi connectivity index (χ3n) is 1.31. The van der Waals surface area contributed by atoms with Crippen molar-refractivity contribution in [3.63, 3.8) is 0 Å². The van der Waals surface area contributed by atoms with Crippen LogP contribution in [0, 0.1) is 0 Å². The van der Waals surface area contributed by atoms with Gasteiger partial charge in [0.05, 0.1) is 6.61 Å². The van der Waals surface area contributed by atoms with E-state index in [-0.39, 0.29) is 6.61 Å². The van der Waals surface area contributed by atoms with Crippen molar-refractivity contribution in [2.45, 2.75) is 29.4 Å². The van der Waals surface area contributed by atoms with Crippen LogP contribution < -0.4 is 5.32 Å². The Morgan fingerprint density at radius 1 is 1.47 bits per heavy atom. The summed E-state index contributed by atoms with van der Waals surface area (Å²) in [4.78, 5) is 11.1. The van der Waals surface area contributed by atoms with Gasteiger partial charge >= 0.3 is 6.09 Å². The van der Waals surface area contributed by atoms with E-state index in [9.17, 15) is 4.79 Å². The SMILES string of the molecule is CCCS[C@@H](NC(=O)OCC)C(Cl)(Cl)Cl. The van der Waals surface area contributed by atoms with Crippen LogP contribution in [0.5, 0.6) is 0 Å². The second-order valence-electron chi connectivity index (χ2n) is 2.66. The highest BCUT2D eigenvalue weighted by atomic mass is 35.6. The molecule has 15 heavy (non-hydrogen) atoms. The Morgan fingerprint density at radius 2 is 2.07 bits per heavy atom. The first kappa shape index (κ1) is 15.5. The van der Waals surface area contributed by atoms with E-state index in [4.69, 9.17) is 39.5 Å². The van der Waals surface area contributed by atoms with Crippen LogP contribution in [0.1, 0.15) is 20.3 Å². The quantitative estimate of drug-likeness (QED) is 0.622. The van der Waals surface area contributed by atoms with Crippen LogP contribution in [0.15, 0.2) is 0 Å². The molecule has 0 aliphatic heterocycles. The van der Waals surface area contributed by atoms with Crippen molar-refractivity contribution in [2.24, 2.45) is 0 Å². The fraction of sp³-hybridized carbons (Fsp3) is 0.875. The van der Waals surface area contributed by atoms with Crippen molar-refractivity contribution in [3.8, 4) is 0 Å². The van der Waals surface area contributed by atoms with Crippen molar-refractivity contribution in [3.05, 3.63) is 0 Å². The monoisotopic (exact) mass is 293 g/mol. The minimum Gasteiger partial charge on any atom is -0.450 e. The van der Waals surface area contributed by atoms with Gasteiger partial charge in [-0.15, -0.1) is 11.8 Å². The molecule has 0 rings (SSSR count). The summed E-state index contributed by atoms with van der Waals surface area (Å²) in [5.74, 6) is 0.797. The Balaban J connectivity index is 4.18. The lowest BCUT2D eigenvalue weighted by atomic mass is 10.6. The average molecular weight is 295 g/mol. The molecule has 0 radical (unpaired) electrons. The minimum atomic E-state index is -1.54. The van der Waals surface area contributed by atoms with Crippen molar-refractivity contribution in [1.82, 2.24) is 5.32 Å². The number of halogens is 3. The minimum absolute atomic E-state index is 0.289. The number of nitrogens with one attached hydrogen (secondary N) is 1. The molecule has 0 aromatic rings. The van der Waals surface area contributed by atoms with Gasteiger partial charge in [-0.05, 0) is 19.1 Å². The van der Waals surface area contributed by atoms with E-state index in [1.165, 1.54) is 11.8 Å². The molecule has 0 aliphatic carbocycles. The molecular weight excluding hydrogens is 281 g/mol. The molecule has 3 nitrogen and oxygen atoms in total. The van der Waals surface area contributed by atoms with Crippen LogP contribution in [0.3, 0.4) is 0 Å². The van der Waals surface area contributed by atoms with Crippen molar-refractivity contribution >= 4 is 52.7 Å². The Morgan fingerprint density at radius 3 is 2.47 bits per heavy atom. The summed E-state index contributed by atoms with van der Waals surface area (Å²) in [6, 6.07) is 0. The van der Waals surface area contributed by atoms with Crippen molar-refractivity contribution in [2.75, 3.05) is 12.4 Å². The lowest BCUT2D eigenvalue weighted by Gasteiger charge is -2.24. The lowest BCUT2D eigenvalue weighted by Crippen LogP contribution is -2.41. The predicted molar refractivity (Wildman–Crippen MR) is 67.0 cm³/mol. The molecule has 1 amide bonds. The van der Waals surface area contributed by atoms with Gasteiger partial charge in [-0.2, -0.15) is 0 Å². The fourth-order valence-corrected chi connectivity index (χ4v) is 2.30. The van der Waals surface area contributed by atoms with Gasteiger partial charge in [0.2, 0.25) is 3.79 Å². The van der Waals surface area contributed by atoms with E-state index >= 15 is 0 Å². The highest BCUT2D eigenvalue weighted by molar-refractivity contribution is 8.00. The molecule has 0 spiro atoms. The molecule has 0 bridgehead atoms. The standard InChI is InChI=1S/C8H14Cl3NO2S/c1-3-5-15-6(8(9,10)11)12-7(13)14-4-2/h6H,3-5H2,1-2H3,(H,12,13)/t6-/m1/s1. The summed E-state index contributed by atoms with van der Waals surface area (Å²) < 4.78 is 3.17. The Bertz CT molecular complexity index is 199. The maximum absolute atomic E-state index is 11.1. The molecule has 1 N–H and O–H groups in total. The number of rotatable bonds is 5. The summed E-state index contributed by atoms with van der Waals surface area (Å²) in [7, 11) is 0. The molecule has 0 aliphatic rings. The van der Waals surface area contributed by atoms with Gasteiger partial charge in [-0.3, -0.25) is 0 Å². The van der Waals surface area contributed by atoms with E-state index in [2.05, 4.69) is 5.32 Å². The fourth-order valence-electron chi connectivity index (χ4n) is 0.733. The van der Waals surface area contributed by atoms with Gasteiger partial charge < -0.3 is 10.1 Å². The van der Waals surface area contributed by atoms with Gasteiger partial charge in [0.25, 0.3) is 0 Å². The lowest BCUT2D eigenvalue weighted by molar-refractivity contribution is 0.151. The maximum atomic E-state index is 11.1. The summed E-state index contributed by atoms with van der Waals surface area (Å²) in [6.45, 7) is 4.01. The van der Waals surface area contributed by atoms with Crippen LogP contribution in [0.2, 0.25) is 0 Å². The molecule has 90 valence electrons. The zero-order chi connectivity index (χ0) is 11.9. The highest BCUT2D eigenvalue weighted by Crippen LogP contribution is 2.36. The Kier molecular flexibility index (Phi) is 7.96. The summed E-state index contributed by atoms with van der Waals surface area (Å²) in [5.41, 5.74) is 0.